The Hall–Kier alpha value is -2.69. The van der Waals surface area contributed by atoms with Crippen LogP contribution in [0, 0.1) is 17.8 Å². The molecule has 5 heteroatoms. The minimum atomic E-state index is -0.851. The number of hydrogen-bond donors (Lipinski definition) is 2. The zero-order valence-electron chi connectivity index (χ0n) is 14.9. The maximum atomic E-state index is 11.5. The number of rotatable bonds is 2. The molecule has 2 saturated carbocycles. The molecule has 2 heterocycles. The van der Waals surface area contributed by atoms with E-state index >= 15 is 0 Å². The van der Waals surface area contributed by atoms with Crippen LogP contribution in [0.25, 0.3) is 0 Å². The van der Waals surface area contributed by atoms with Crippen molar-refractivity contribution in [2.24, 2.45) is 17.8 Å². The average Bonchev–Trinajstić information content (AvgIpc) is 3.42. The molecule has 2 bridgehead atoms. The summed E-state index contributed by atoms with van der Waals surface area (Å²) in [6.07, 6.45) is 3.80. The molecule has 2 aromatic rings. The quantitative estimate of drug-likeness (QED) is 0.827. The van der Waals surface area contributed by atoms with Gasteiger partial charge in [0.1, 0.15) is 0 Å². The van der Waals surface area contributed by atoms with Gasteiger partial charge < -0.3 is 19.9 Å². The molecule has 2 aliphatic heterocycles. The molecule has 5 atom stereocenters. The van der Waals surface area contributed by atoms with Crippen LogP contribution in [0.15, 0.2) is 36.4 Å². The van der Waals surface area contributed by atoms with Crippen LogP contribution in [0.3, 0.4) is 0 Å². The number of carboxylic acids is 1. The maximum absolute atomic E-state index is 11.5. The molecule has 6 rings (SSSR count). The molecule has 27 heavy (non-hydrogen) atoms. The fraction of sp³-hybridized carbons (Fsp3) is 0.409. The molecule has 0 aromatic heterocycles. The molecular weight excluding hydrogens is 342 g/mol. The first kappa shape index (κ1) is 15.4. The van der Waals surface area contributed by atoms with Gasteiger partial charge in [-0.1, -0.05) is 6.07 Å². The summed E-state index contributed by atoms with van der Waals surface area (Å²) in [5, 5.41) is 13.2. The van der Waals surface area contributed by atoms with Crippen molar-refractivity contribution in [2.45, 2.75) is 31.2 Å². The summed E-state index contributed by atoms with van der Waals surface area (Å²) in [6.45, 7) is 0.286. The number of ether oxygens (including phenoxy) is 2. The highest BCUT2D eigenvalue weighted by molar-refractivity contribution is 5.88. The van der Waals surface area contributed by atoms with Gasteiger partial charge >= 0.3 is 5.97 Å². The Kier molecular flexibility index (Phi) is 3.08. The van der Waals surface area contributed by atoms with Crippen molar-refractivity contribution >= 4 is 11.7 Å². The van der Waals surface area contributed by atoms with Crippen molar-refractivity contribution in [3.63, 3.8) is 0 Å². The van der Waals surface area contributed by atoms with Crippen LogP contribution >= 0.6 is 0 Å². The monoisotopic (exact) mass is 363 g/mol. The maximum Gasteiger partial charge on any atom is 0.335 e. The number of aromatic carboxylic acids is 1. The number of fused-ring (bicyclic) bond motifs is 8. The third-order valence-electron chi connectivity index (χ3n) is 7.09. The number of nitrogens with one attached hydrogen (secondary N) is 1. The first-order chi connectivity index (χ1) is 13.2. The molecule has 5 nitrogen and oxygen atoms in total. The lowest BCUT2D eigenvalue weighted by Crippen LogP contribution is -2.35. The smallest absolute Gasteiger partial charge is 0.335 e. The van der Waals surface area contributed by atoms with Crippen molar-refractivity contribution in [1.29, 1.82) is 0 Å². The van der Waals surface area contributed by atoms with Crippen LogP contribution in [0.2, 0.25) is 0 Å². The Bertz CT molecular complexity index is 955. The standard InChI is InChI=1S/C22H21NO4/c24-22(25)14-3-5-16-15(8-14)19-11-1-2-12(7-11)20(19)21(23-16)13-4-6-17-18(9-13)27-10-26-17/h3-6,8-9,11-12,19-21,23H,1-2,7,10H2,(H,24,25). The summed E-state index contributed by atoms with van der Waals surface area (Å²) in [7, 11) is 0. The second kappa shape index (κ2) is 5.41. The first-order valence-electron chi connectivity index (χ1n) is 9.72. The van der Waals surface area contributed by atoms with Gasteiger partial charge in [-0.25, -0.2) is 4.79 Å². The summed E-state index contributed by atoms with van der Waals surface area (Å²) in [5.41, 5.74) is 3.90. The largest absolute Gasteiger partial charge is 0.478 e. The second-order valence-corrected chi connectivity index (χ2v) is 8.28. The molecule has 0 amide bonds. The molecule has 0 spiro atoms. The van der Waals surface area contributed by atoms with E-state index in [0.717, 1.165) is 17.2 Å². The lowest BCUT2D eigenvalue weighted by Gasteiger charge is -2.43. The molecule has 2 fully saturated rings. The van der Waals surface area contributed by atoms with E-state index < -0.39 is 5.97 Å². The normalized spacial score (nSPS) is 31.9. The summed E-state index contributed by atoms with van der Waals surface area (Å²) >= 11 is 0. The lowest BCUT2D eigenvalue weighted by atomic mass is 9.68. The van der Waals surface area contributed by atoms with Gasteiger partial charge in [0.25, 0.3) is 0 Å². The molecule has 2 aliphatic carbocycles. The fourth-order valence-corrected chi connectivity index (χ4v) is 6.06. The third kappa shape index (κ3) is 2.14. The molecule has 0 saturated heterocycles. The minimum Gasteiger partial charge on any atom is -0.478 e. The number of anilines is 1. The zero-order valence-corrected chi connectivity index (χ0v) is 14.9. The van der Waals surface area contributed by atoms with E-state index in [4.69, 9.17) is 9.47 Å². The predicted octanol–water partition coefficient (Wildman–Crippen LogP) is 4.41. The van der Waals surface area contributed by atoms with Gasteiger partial charge in [-0.2, -0.15) is 0 Å². The summed E-state index contributed by atoms with van der Waals surface area (Å²) < 4.78 is 11.1. The Balaban J connectivity index is 1.46. The van der Waals surface area contributed by atoms with Crippen LogP contribution < -0.4 is 14.8 Å². The SMILES string of the molecule is O=C(O)c1ccc2c(c1)C1C3CCC(C3)C1C(c1ccc3c(c1)OCO3)N2. The van der Waals surface area contributed by atoms with Gasteiger partial charge in [0.05, 0.1) is 11.6 Å². The van der Waals surface area contributed by atoms with Crippen LogP contribution in [0.5, 0.6) is 11.5 Å². The van der Waals surface area contributed by atoms with Crippen molar-refractivity contribution < 1.29 is 19.4 Å². The van der Waals surface area contributed by atoms with Gasteiger partial charge in [0.2, 0.25) is 6.79 Å². The van der Waals surface area contributed by atoms with E-state index in [-0.39, 0.29) is 12.8 Å². The van der Waals surface area contributed by atoms with Crippen molar-refractivity contribution in [3.8, 4) is 11.5 Å². The molecule has 138 valence electrons. The topological polar surface area (TPSA) is 67.8 Å². The number of carbonyl (C=O) groups is 1. The highest BCUT2D eigenvalue weighted by Gasteiger charge is 2.54. The summed E-state index contributed by atoms with van der Waals surface area (Å²) in [6, 6.07) is 12.0. The Morgan fingerprint density at radius 2 is 1.89 bits per heavy atom. The summed E-state index contributed by atoms with van der Waals surface area (Å²) in [4.78, 5) is 11.5. The highest BCUT2D eigenvalue weighted by atomic mass is 16.7. The molecule has 4 aliphatic rings. The van der Waals surface area contributed by atoms with Gasteiger partial charge in [-0.15, -0.1) is 0 Å². The second-order valence-electron chi connectivity index (χ2n) is 8.28. The van der Waals surface area contributed by atoms with E-state index in [1.54, 1.807) is 6.07 Å². The van der Waals surface area contributed by atoms with Crippen LogP contribution in [-0.2, 0) is 0 Å². The number of benzene rings is 2. The van der Waals surface area contributed by atoms with E-state index in [1.807, 2.05) is 18.2 Å². The van der Waals surface area contributed by atoms with E-state index in [2.05, 4.69) is 17.4 Å². The van der Waals surface area contributed by atoms with Crippen molar-refractivity contribution in [3.05, 3.63) is 53.1 Å². The number of hydrogen-bond acceptors (Lipinski definition) is 4. The third-order valence-corrected chi connectivity index (χ3v) is 7.09. The van der Waals surface area contributed by atoms with E-state index in [0.29, 0.717) is 29.2 Å². The first-order valence-corrected chi connectivity index (χ1v) is 9.72. The van der Waals surface area contributed by atoms with E-state index in [9.17, 15) is 9.90 Å². The van der Waals surface area contributed by atoms with Gasteiger partial charge in [-0.05, 0) is 84.4 Å². The molecule has 0 radical (unpaired) electrons. The van der Waals surface area contributed by atoms with Crippen LogP contribution in [-0.4, -0.2) is 17.9 Å². The fourth-order valence-electron chi connectivity index (χ4n) is 6.06. The predicted molar refractivity (Wildman–Crippen MR) is 99.4 cm³/mol. The van der Waals surface area contributed by atoms with Crippen molar-refractivity contribution in [1.82, 2.24) is 0 Å². The lowest BCUT2D eigenvalue weighted by molar-refractivity contribution is 0.0696. The Morgan fingerprint density at radius 1 is 1.04 bits per heavy atom. The zero-order chi connectivity index (χ0) is 18.1. The Labute approximate surface area is 157 Å². The highest BCUT2D eigenvalue weighted by Crippen LogP contribution is 2.64. The van der Waals surface area contributed by atoms with E-state index in [1.165, 1.54) is 30.4 Å². The summed E-state index contributed by atoms with van der Waals surface area (Å²) in [5.74, 6) is 3.09. The minimum absolute atomic E-state index is 0.225. The van der Waals surface area contributed by atoms with Crippen LogP contribution in [0.4, 0.5) is 5.69 Å². The van der Waals surface area contributed by atoms with Crippen molar-refractivity contribution in [2.75, 3.05) is 12.1 Å². The molecule has 2 N–H and O–H groups in total. The van der Waals surface area contributed by atoms with Gasteiger partial charge in [0, 0.05) is 5.69 Å². The van der Waals surface area contributed by atoms with Crippen LogP contribution in [0.1, 0.15) is 52.7 Å². The number of carboxylic acid groups (broad SMARTS) is 1. The molecular formula is C22H21NO4. The Morgan fingerprint density at radius 3 is 2.78 bits per heavy atom. The van der Waals surface area contributed by atoms with Gasteiger partial charge in [-0.3, -0.25) is 0 Å². The average molecular weight is 363 g/mol. The molecule has 2 aromatic carbocycles. The van der Waals surface area contributed by atoms with Gasteiger partial charge in [0.15, 0.2) is 11.5 Å². The molecule has 5 unspecified atom stereocenters.